The van der Waals surface area contributed by atoms with Crippen molar-refractivity contribution in [1.82, 2.24) is 10.0 Å². The van der Waals surface area contributed by atoms with Gasteiger partial charge in [0.2, 0.25) is 5.09 Å². The summed E-state index contributed by atoms with van der Waals surface area (Å²) in [6, 6.07) is 2.82. The molecule has 6 nitrogen and oxygen atoms in total. The number of sulfonamides is 1. The molecule has 1 aliphatic rings. The van der Waals surface area contributed by atoms with Crippen LogP contribution in [0, 0.1) is 11.8 Å². The third-order valence-corrected chi connectivity index (χ3v) is 6.16. The molecule has 7 heteroatoms. The third-order valence-electron chi connectivity index (χ3n) is 4.53. The lowest BCUT2D eigenvalue weighted by molar-refractivity contribution is 0.0857. The number of rotatable bonds is 4. The first-order valence-corrected chi connectivity index (χ1v) is 9.92. The quantitative estimate of drug-likeness (QED) is 0.868. The van der Waals surface area contributed by atoms with Crippen LogP contribution >= 0.6 is 0 Å². The van der Waals surface area contributed by atoms with E-state index < -0.39 is 15.6 Å². The average molecular weight is 356 g/mol. The number of nitrogens with one attached hydrogen (secondary N) is 2. The predicted molar refractivity (Wildman–Crippen MR) is 92.2 cm³/mol. The Hall–Kier alpha value is -1.34. The van der Waals surface area contributed by atoms with Crippen molar-refractivity contribution in [2.24, 2.45) is 11.8 Å². The van der Waals surface area contributed by atoms with E-state index in [0.29, 0.717) is 11.8 Å². The molecule has 0 unspecified atom stereocenters. The molecule has 1 aliphatic carbocycles. The maximum Gasteiger partial charge on any atom is 0.287 e. The highest BCUT2D eigenvalue weighted by Crippen LogP contribution is 2.29. The molecule has 136 valence electrons. The molecule has 0 aromatic carbocycles. The van der Waals surface area contributed by atoms with Crippen molar-refractivity contribution >= 4 is 15.9 Å². The van der Waals surface area contributed by atoms with Gasteiger partial charge in [0.25, 0.3) is 15.9 Å². The molecular weight excluding hydrogens is 328 g/mol. The SMILES string of the molecule is C[C@H]1[C@H](C)CCC[C@H]1NC(=O)c1ccc(S(=O)(=O)NC(C)(C)C)o1. The van der Waals surface area contributed by atoms with Gasteiger partial charge in [0.15, 0.2) is 5.76 Å². The molecule has 1 saturated carbocycles. The van der Waals surface area contributed by atoms with Gasteiger partial charge in [0.05, 0.1) is 0 Å². The standard InChI is InChI=1S/C17H28N2O4S/c1-11-7-6-8-13(12(11)2)18-16(20)14-9-10-15(23-14)24(21,22)19-17(3,4)5/h9-13,19H,6-8H2,1-5H3,(H,18,20)/t11-,12+,13-/m1/s1. The second-order valence-corrected chi connectivity index (χ2v) is 9.43. The van der Waals surface area contributed by atoms with Crippen LogP contribution in [0.4, 0.5) is 0 Å². The number of carbonyl (C=O) groups is 1. The number of hydrogen-bond donors (Lipinski definition) is 2. The summed E-state index contributed by atoms with van der Waals surface area (Å²) >= 11 is 0. The first kappa shape index (κ1) is 19.0. The van der Waals surface area contributed by atoms with Crippen molar-refractivity contribution in [2.45, 2.75) is 70.6 Å². The molecule has 24 heavy (non-hydrogen) atoms. The van der Waals surface area contributed by atoms with Crippen LogP contribution in [0.25, 0.3) is 0 Å². The predicted octanol–water partition coefficient (Wildman–Crippen LogP) is 2.91. The van der Waals surface area contributed by atoms with E-state index in [2.05, 4.69) is 23.9 Å². The summed E-state index contributed by atoms with van der Waals surface area (Å²) in [5.74, 6) is 0.615. The molecule has 2 N–H and O–H groups in total. The number of amides is 1. The van der Waals surface area contributed by atoms with Crippen LogP contribution in [0.2, 0.25) is 0 Å². The molecule has 0 radical (unpaired) electrons. The minimum absolute atomic E-state index is 0.0229. The molecule has 1 aromatic rings. The minimum atomic E-state index is -3.78. The van der Waals surface area contributed by atoms with Crippen molar-refractivity contribution in [1.29, 1.82) is 0 Å². The summed E-state index contributed by atoms with van der Waals surface area (Å²) in [7, 11) is -3.78. The average Bonchev–Trinajstić information content (AvgIpc) is 2.92. The van der Waals surface area contributed by atoms with Gasteiger partial charge in [0, 0.05) is 11.6 Å². The molecule has 1 heterocycles. The van der Waals surface area contributed by atoms with E-state index in [1.54, 1.807) is 20.8 Å². The zero-order valence-electron chi connectivity index (χ0n) is 15.0. The number of hydrogen-bond acceptors (Lipinski definition) is 4. The minimum Gasteiger partial charge on any atom is -0.438 e. The van der Waals surface area contributed by atoms with Crippen LogP contribution in [0.3, 0.4) is 0 Å². The van der Waals surface area contributed by atoms with E-state index in [9.17, 15) is 13.2 Å². The fourth-order valence-corrected chi connectivity index (χ4v) is 4.42. The number of furan rings is 1. The highest BCUT2D eigenvalue weighted by Gasteiger charge is 2.30. The fourth-order valence-electron chi connectivity index (χ4n) is 3.07. The Morgan fingerprint density at radius 3 is 2.50 bits per heavy atom. The van der Waals surface area contributed by atoms with Gasteiger partial charge in [-0.15, -0.1) is 0 Å². The summed E-state index contributed by atoms with van der Waals surface area (Å²) in [5.41, 5.74) is -0.623. The van der Waals surface area contributed by atoms with Gasteiger partial charge in [-0.3, -0.25) is 4.79 Å². The molecule has 2 rings (SSSR count). The van der Waals surface area contributed by atoms with Crippen LogP contribution in [0.1, 0.15) is 64.4 Å². The summed E-state index contributed by atoms with van der Waals surface area (Å²) in [5, 5.41) is 2.74. The molecule has 0 spiro atoms. The molecule has 0 saturated heterocycles. The monoisotopic (exact) mass is 356 g/mol. The van der Waals surface area contributed by atoms with Crippen molar-refractivity contribution in [3.63, 3.8) is 0 Å². The van der Waals surface area contributed by atoms with Gasteiger partial charge in [-0.05, 0) is 51.2 Å². The summed E-state index contributed by atoms with van der Waals surface area (Å²) in [6.07, 6.45) is 3.20. The molecule has 0 aliphatic heterocycles. The lowest BCUT2D eigenvalue weighted by Gasteiger charge is -2.34. The van der Waals surface area contributed by atoms with E-state index in [4.69, 9.17) is 4.42 Å². The highest BCUT2D eigenvalue weighted by molar-refractivity contribution is 7.89. The first-order chi connectivity index (χ1) is 11.0. The lowest BCUT2D eigenvalue weighted by Crippen LogP contribution is -2.43. The van der Waals surface area contributed by atoms with Crippen molar-refractivity contribution < 1.29 is 17.6 Å². The van der Waals surface area contributed by atoms with Gasteiger partial charge in [-0.1, -0.05) is 26.7 Å². The van der Waals surface area contributed by atoms with E-state index in [0.717, 1.165) is 12.8 Å². The topological polar surface area (TPSA) is 88.4 Å². The van der Waals surface area contributed by atoms with Crippen molar-refractivity contribution in [3.8, 4) is 0 Å². The van der Waals surface area contributed by atoms with Gasteiger partial charge < -0.3 is 9.73 Å². The Morgan fingerprint density at radius 1 is 1.21 bits per heavy atom. The largest absolute Gasteiger partial charge is 0.438 e. The van der Waals surface area contributed by atoms with E-state index >= 15 is 0 Å². The first-order valence-electron chi connectivity index (χ1n) is 8.44. The summed E-state index contributed by atoms with van der Waals surface area (Å²) in [4.78, 5) is 12.4. The Labute approximate surface area is 144 Å². The Bertz CT molecular complexity index is 688. The molecule has 1 amide bonds. The Morgan fingerprint density at radius 2 is 1.88 bits per heavy atom. The maximum absolute atomic E-state index is 12.4. The smallest absolute Gasteiger partial charge is 0.287 e. The summed E-state index contributed by atoms with van der Waals surface area (Å²) in [6.45, 7) is 9.56. The van der Waals surface area contributed by atoms with Crippen LogP contribution < -0.4 is 10.0 Å². The van der Waals surface area contributed by atoms with E-state index in [1.165, 1.54) is 18.6 Å². The van der Waals surface area contributed by atoms with E-state index in [-0.39, 0.29) is 22.8 Å². The third kappa shape index (κ3) is 4.60. The van der Waals surface area contributed by atoms with Crippen molar-refractivity contribution in [2.75, 3.05) is 0 Å². The second-order valence-electron chi connectivity index (χ2n) is 7.82. The molecule has 1 aromatic heterocycles. The van der Waals surface area contributed by atoms with Gasteiger partial charge in [0.1, 0.15) is 0 Å². The van der Waals surface area contributed by atoms with Gasteiger partial charge in [-0.2, -0.15) is 0 Å². The van der Waals surface area contributed by atoms with E-state index in [1.807, 2.05) is 0 Å². The van der Waals surface area contributed by atoms with Crippen LogP contribution in [0.5, 0.6) is 0 Å². The molecular formula is C17H28N2O4S. The number of carbonyl (C=O) groups excluding carboxylic acids is 1. The molecule has 0 bridgehead atoms. The lowest BCUT2D eigenvalue weighted by atomic mass is 9.78. The normalized spacial score (nSPS) is 25.5. The molecule has 1 fully saturated rings. The van der Waals surface area contributed by atoms with Gasteiger partial charge >= 0.3 is 0 Å². The highest BCUT2D eigenvalue weighted by atomic mass is 32.2. The van der Waals surface area contributed by atoms with Crippen molar-refractivity contribution in [3.05, 3.63) is 17.9 Å². The van der Waals surface area contributed by atoms with Crippen LogP contribution in [-0.4, -0.2) is 25.9 Å². The molecule has 3 atom stereocenters. The second kappa shape index (κ2) is 6.88. The maximum atomic E-state index is 12.4. The van der Waals surface area contributed by atoms with Gasteiger partial charge in [-0.25, -0.2) is 13.1 Å². The van der Waals surface area contributed by atoms with Crippen LogP contribution in [-0.2, 0) is 10.0 Å². The zero-order chi connectivity index (χ0) is 18.1. The Kier molecular flexibility index (Phi) is 5.44. The summed E-state index contributed by atoms with van der Waals surface area (Å²) < 4.78 is 32.3. The zero-order valence-corrected chi connectivity index (χ0v) is 15.9. The Balaban J connectivity index is 2.08. The fraction of sp³-hybridized carbons (Fsp3) is 0.706. The van der Waals surface area contributed by atoms with Crippen LogP contribution in [0.15, 0.2) is 21.6 Å².